The fraction of sp³-hybridized carbons (Fsp3) is 0.125. The van der Waals surface area contributed by atoms with E-state index in [2.05, 4.69) is 15.6 Å². The van der Waals surface area contributed by atoms with E-state index in [1.54, 1.807) is 66.9 Å². The van der Waals surface area contributed by atoms with Crippen molar-refractivity contribution in [2.75, 3.05) is 5.32 Å². The van der Waals surface area contributed by atoms with Crippen LogP contribution in [0, 0.1) is 0 Å². The first-order valence-electron chi connectivity index (χ1n) is 10.0. The van der Waals surface area contributed by atoms with Crippen molar-refractivity contribution in [1.82, 2.24) is 15.2 Å². The number of benzene rings is 2. The van der Waals surface area contributed by atoms with Crippen LogP contribution in [0.4, 0.5) is 5.69 Å². The SMILES string of the molecule is CC(C(=O)NCc1ccc(NC(=O)c2cccnc2)cc1)N1C(=O)c2ccccc2C1=O. The molecule has 0 saturated carbocycles. The van der Waals surface area contributed by atoms with Gasteiger partial charge < -0.3 is 10.6 Å². The molecule has 32 heavy (non-hydrogen) atoms. The summed E-state index contributed by atoms with van der Waals surface area (Å²) in [4.78, 5) is 54.8. The van der Waals surface area contributed by atoms with Crippen LogP contribution in [0.5, 0.6) is 0 Å². The molecular weight excluding hydrogens is 408 g/mol. The number of carbonyl (C=O) groups is 4. The van der Waals surface area contributed by atoms with Gasteiger partial charge in [-0.1, -0.05) is 24.3 Å². The quantitative estimate of drug-likeness (QED) is 0.587. The zero-order chi connectivity index (χ0) is 22.7. The maximum atomic E-state index is 12.6. The van der Waals surface area contributed by atoms with E-state index in [9.17, 15) is 19.2 Å². The molecule has 2 N–H and O–H groups in total. The molecule has 2 aromatic carbocycles. The number of fused-ring (bicyclic) bond motifs is 1. The van der Waals surface area contributed by atoms with Crippen LogP contribution in [0.25, 0.3) is 0 Å². The molecule has 1 unspecified atom stereocenters. The van der Waals surface area contributed by atoms with Crippen LogP contribution in [-0.4, -0.2) is 39.6 Å². The largest absolute Gasteiger partial charge is 0.350 e. The molecule has 0 aliphatic carbocycles. The molecule has 1 aliphatic rings. The third kappa shape index (κ3) is 4.11. The van der Waals surface area contributed by atoms with Crippen molar-refractivity contribution >= 4 is 29.3 Å². The Bertz CT molecular complexity index is 1160. The Balaban J connectivity index is 1.34. The number of nitrogens with zero attached hydrogens (tertiary/aromatic N) is 2. The number of rotatable bonds is 6. The molecule has 2 heterocycles. The summed E-state index contributed by atoms with van der Waals surface area (Å²) in [6, 6.07) is 15.9. The van der Waals surface area contributed by atoms with E-state index in [0.29, 0.717) is 22.4 Å². The Morgan fingerprint density at radius 2 is 1.59 bits per heavy atom. The number of aromatic nitrogens is 1. The van der Waals surface area contributed by atoms with Gasteiger partial charge in [-0.15, -0.1) is 0 Å². The van der Waals surface area contributed by atoms with Gasteiger partial charge in [0.25, 0.3) is 17.7 Å². The second kappa shape index (κ2) is 8.81. The topological polar surface area (TPSA) is 108 Å². The summed E-state index contributed by atoms with van der Waals surface area (Å²) >= 11 is 0. The van der Waals surface area contributed by atoms with E-state index in [0.717, 1.165) is 10.5 Å². The smallest absolute Gasteiger partial charge is 0.262 e. The molecule has 4 rings (SSSR count). The van der Waals surface area contributed by atoms with Gasteiger partial charge in [-0.05, 0) is 48.9 Å². The van der Waals surface area contributed by atoms with Crippen molar-refractivity contribution in [3.63, 3.8) is 0 Å². The molecule has 4 amide bonds. The minimum absolute atomic E-state index is 0.211. The van der Waals surface area contributed by atoms with E-state index in [1.165, 1.54) is 13.1 Å². The Morgan fingerprint density at radius 3 is 2.19 bits per heavy atom. The number of hydrogen-bond donors (Lipinski definition) is 2. The Morgan fingerprint density at radius 1 is 0.938 bits per heavy atom. The van der Waals surface area contributed by atoms with Gasteiger partial charge in [0, 0.05) is 24.6 Å². The maximum Gasteiger partial charge on any atom is 0.262 e. The summed E-state index contributed by atoms with van der Waals surface area (Å²) in [6.07, 6.45) is 3.07. The van der Waals surface area contributed by atoms with Gasteiger partial charge in [0.05, 0.1) is 16.7 Å². The normalized spacial score (nSPS) is 13.5. The highest BCUT2D eigenvalue weighted by Gasteiger charge is 2.40. The first-order chi connectivity index (χ1) is 15.5. The van der Waals surface area contributed by atoms with Crippen LogP contribution in [0.2, 0.25) is 0 Å². The summed E-state index contributed by atoms with van der Waals surface area (Å²) in [5.74, 6) is -1.65. The molecule has 1 aliphatic heterocycles. The van der Waals surface area contributed by atoms with Crippen LogP contribution in [0.15, 0.2) is 73.1 Å². The van der Waals surface area contributed by atoms with Gasteiger partial charge in [0.1, 0.15) is 6.04 Å². The molecule has 0 fully saturated rings. The van der Waals surface area contributed by atoms with Crippen molar-refractivity contribution < 1.29 is 19.2 Å². The predicted octanol–water partition coefficient (Wildman–Crippen LogP) is 2.63. The number of amides is 4. The molecule has 0 radical (unpaired) electrons. The average molecular weight is 428 g/mol. The first kappa shape index (κ1) is 20.9. The molecule has 1 aromatic heterocycles. The molecule has 3 aromatic rings. The molecular formula is C24H20N4O4. The van der Waals surface area contributed by atoms with Gasteiger partial charge in [0.15, 0.2) is 0 Å². The third-order valence-corrected chi connectivity index (χ3v) is 5.19. The summed E-state index contributed by atoms with van der Waals surface area (Å²) in [7, 11) is 0. The lowest BCUT2D eigenvalue weighted by molar-refractivity contribution is -0.124. The third-order valence-electron chi connectivity index (χ3n) is 5.19. The zero-order valence-electron chi connectivity index (χ0n) is 17.2. The molecule has 160 valence electrons. The summed E-state index contributed by atoms with van der Waals surface area (Å²) in [5, 5.41) is 5.53. The zero-order valence-corrected chi connectivity index (χ0v) is 17.2. The van der Waals surface area contributed by atoms with Crippen molar-refractivity contribution in [2.45, 2.75) is 19.5 Å². The molecule has 0 spiro atoms. The Labute approximate surface area is 184 Å². The van der Waals surface area contributed by atoms with Gasteiger partial charge >= 0.3 is 0 Å². The van der Waals surface area contributed by atoms with Crippen LogP contribution < -0.4 is 10.6 Å². The highest BCUT2D eigenvalue weighted by molar-refractivity contribution is 6.22. The molecule has 0 bridgehead atoms. The fourth-order valence-corrected chi connectivity index (χ4v) is 3.42. The highest BCUT2D eigenvalue weighted by Crippen LogP contribution is 2.24. The van der Waals surface area contributed by atoms with Crippen molar-refractivity contribution in [3.05, 3.63) is 95.3 Å². The number of carbonyl (C=O) groups excluding carboxylic acids is 4. The Hall–Kier alpha value is -4.33. The highest BCUT2D eigenvalue weighted by atomic mass is 16.2. The second-order valence-corrected chi connectivity index (χ2v) is 7.31. The monoisotopic (exact) mass is 428 g/mol. The summed E-state index contributed by atoms with van der Waals surface area (Å²) in [6.45, 7) is 1.73. The van der Waals surface area contributed by atoms with Crippen molar-refractivity contribution in [3.8, 4) is 0 Å². The van der Waals surface area contributed by atoms with Crippen LogP contribution in [0.1, 0.15) is 43.6 Å². The molecule has 8 nitrogen and oxygen atoms in total. The molecule has 1 atom stereocenters. The van der Waals surface area contributed by atoms with E-state index >= 15 is 0 Å². The van der Waals surface area contributed by atoms with E-state index in [4.69, 9.17) is 0 Å². The van der Waals surface area contributed by atoms with Crippen molar-refractivity contribution in [2.24, 2.45) is 0 Å². The van der Waals surface area contributed by atoms with Gasteiger partial charge in [-0.2, -0.15) is 0 Å². The van der Waals surface area contributed by atoms with E-state index in [1.807, 2.05) is 0 Å². The minimum atomic E-state index is -0.944. The van der Waals surface area contributed by atoms with Crippen LogP contribution in [-0.2, 0) is 11.3 Å². The molecule has 0 saturated heterocycles. The van der Waals surface area contributed by atoms with E-state index < -0.39 is 23.8 Å². The lowest BCUT2D eigenvalue weighted by Crippen LogP contribution is -2.47. The number of pyridine rings is 1. The lowest BCUT2D eigenvalue weighted by Gasteiger charge is -2.21. The average Bonchev–Trinajstić information content (AvgIpc) is 3.08. The van der Waals surface area contributed by atoms with Crippen LogP contribution >= 0.6 is 0 Å². The fourth-order valence-electron chi connectivity index (χ4n) is 3.42. The van der Waals surface area contributed by atoms with Crippen molar-refractivity contribution in [1.29, 1.82) is 0 Å². The van der Waals surface area contributed by atoms with Gasteiger partial charge in [-0.25, -0.2) is 0 Å². The van der Waals surface area contributed by atoms with E-state index in [-0.39, 0.29) is 12.5 Å². The number of hydrogen-bond acceptors (Lipinski definition) is 5. The number of imide groups is 1. The van der Waals surface area contributed by atoms with Gasteiger partial charge in [0.2, 0.25) is 5.91 Å². The standard InChI is InChI=1S/C24H20N4O4/c1-15(28-23(31)19-6-2-3-7-20(19)24(28)32)21(29)26-13-16-8-10-18(11-9-16)27-22(30)17-5-4-12-25-14-17/h2-12,14-15H,13H2,1H3,(H,26,29)(H,27,30). The minimum Gasteiger partial charge on any atom is -0.350 e. The predicted molar refractivity (Wildman–Crippen MR) is 117 cm³/mol. The lowest BCUT2D eigenvalue weighted by atomic mass is 10.1. The summed E-state index contributed by atoms with van der Waals surface area (Å²) < 4.78 is 0. The number of nitrogens with one attached hydrogen (secondary N) is 2. The molecule has 8 heteroatoms. The first-order valence-corrected chi connectivity index (χ1v) is 10.0. The second-order valence-electron chi connectivity index (χ2n) is 7.31. The summed E-state index contributed by atoms with van der Waals surface area (Å²) in [5.41, 5.74) is 2.47. The Kier molecular flexibility index (Phi) is 5.76. The maximum absolute atomic E-state index is 12.6. The number of anilines is 1. The van der Waals surface area contributed by atoms with Gasteiger partial charge in [-0.3, -0.25) is 29.1 Å². The van der Waals surface area contributed by atoms with Crippen LogP contribution in [0.3, 0.4) is 0 Å².